The zero-order chi connectivity index (χ0) is 10.4. The molecule has 0 bridgehead atoms. The van der Waals surface area contributed by atoms with Gasteiger partial charge in [-0.05, 0) is 18.6 Å². The predicted octanol–water partition coefficient (Wildman–Crippen LogP) is 2.49. The highest BCUT2D eigenvalue weighted by molar-refractivity contribution is 5.73. The highest BCUT2D eigenvalue weighted by atomic mass is 16.5. The molecule has 14 heavy (non-hydrogen) atoms. The molecule has 1 aromatic rings. The fourth-order valence-electron chi connectivity index (χ4n) is 1.26. The number of nitrogens with one attached hydrogen (secondary N) is 1. The minimum absolute atomic E-state index is 0.724. The fourth-order valence-corrected chi connectivity index (χ4v) is 1.26. The molecule has 0 amide bonds. The first-order valence-corrected chi connectivity index (χ1v) is 4.98. The van der Waals surface area contributed by atoms with Crippen LogP contribution in [0.4, 0.5) is 11.4 Å². The topological polar surface area (TPSA) is 47.3 Å². The SMILES string of the molecule is CCCCOc1cccc(N)c1NC. The van der Waals surface area contributed by atoms with Gasteiger partial charge in [-0.3, -0.25) is 0 Å². The third-order valence-electron chi connectivity index (χ3n) is 2.06. The molecule has 0 atom stereocenters. The minimum atomic E-state index is 0.724. The molecule has 0 saturated heterocycles. The van der Waals surface area contributed by atoms with E-state index >= 15 is 0 Å². The second-order valence-electron chi connectivity index (χ2n) is 3.17. The molecule has 3 N–H and O–H groups in total. The molecule has 0 heterocycles. The van der Waals surface area contributed by atoms with Crippen LogP contribution in [0.2, 0.25) is 0 Å². The lowest BCUT2D eigenvalue weighted by molar-refractivity contribution is 0.311. The van der Waals surface area contributed by atoms with Crippen molar-refractivity contribution >= 4 is 11.4 Å². The number of rotatable bonds is 5. The number of ether oxygens (including phenoxy) is 1. The van der Waals surface area contributed by atoms with Gasteiger partial charge in [0.2, 0.25) is 0 Å². The maximum Gasteiger partial charge on any atom is 0.144 e. The highest BCUT2D eigenvalue weighted by Gasteiger charge is 2.04. The zero-order valence-electron chi connectivity index (χ0n) is 8.84. The lowest BCUT2D eigenvalue weighted by atomic mass is 10.2. The van der Waals surface area contributed by atoms with Crippen molar-refractivity contribution in [1.29, 1.82) is 0 Å². The molecule has 0 aliphatic heterocycles. The molecule has 0 fully saturated rings. The molecule has 3 nitrogen and oxygen atoms in total. The lowest BCUT2D eigenvalue weighted by Gasteiger charge is -2.12. The Morgan fingerprint density at radius 3 is 2.86 bits per heavy atom. The van der Waals surface area contributed by atoms with Crippen molar-refractivity contribution in [3.63, 3.8) is 0 Å². The first kappa shape index (κ1) is 10.7. The average molecular weight is 194 g/mol. The second kappa shape index (κ2) is 5.37. The summed E-state index contributed by atoms with van der Waals surface area (Å²) in [7, 11) is 1.85. The van der Waals surface area contributed by atoms with Gasteiger partial charge in [0.1, 0.15) is 5.75 Å². The van der Waals surface area contributed by atoms with Crippen LogP contribution >= 0.6 is 0 Å². The van der Waals surface area contributed by atoms with Crippen molar-refractivity contribution in [3.8, 4) is 5.75 Å². The molecule has 0 saturated carbocycles. The van der Waals surface area contributed by atoms with Crippen LogP contribution in [0.25, 0.3) is 0 Å². The first-order chi connectivity index (χ1) is 6.79. The molecular weight excluding hydrogens is 176 g/mol. The second-order valence-corrected chi connectivity index (χ2v) is 3.17. The van der Waals surface area contributed by atoms with Crippen molar-refractivity contribution in [1.82, 2.24) is 0 Å². The largest absolute Gasteiger partial charge is 0.491 e. The monoisotopic (exact) mass is 194 g/mol. The van der Waals surface area contributed by atoms with Gasteiger partial charge in [-0.15, -0.1) is 0 Å². The maximum atomic E-state index is 5.79. The van der Waals surface area contributed by atoms with Crippen molar-refractivity contribution in [2.24, 2.45) is 0 Å². The molecule has 0 aromatic heterocycles. The summed E-state index contributed by atoms with van der Waals surface area (Å²) in [6.07, 6.45) is 2.20. The zero-order valence-corrected chi connectivity index (χ0v) is 8.84. The van der Waals surface area contributed by atoms with Crippen LogP contribution < -0.4 is 15.8 Å². The molecule has 1 rings (SSSR count). The Morgan fingerprint density at radius 2 is 2.21 bits per heavy atom. The van der Waals surface area contributed by atoms with Gasteiger partial charge in [0, 0.05) is 7.05 Å². The van der Waals surface area contributed by atoms with Gasteiger partial charge in [-0.2, -0.15) is 0 Å². The van der Waals surface area contributed by atoms with E-state index in [1.165, 1.54) is 0 Å². The Labute approximate surface area is 85.3 Å². The van der Waals surface area contributed by atoms with E-state index in [0.29, 0.717) is 0 Å². The van der Waals surface area contributed by atoms with Crippen LogP contribution in [0.3, 0.4) is 0 Å². The molecule has 0 spiro atoms. The number of benzene rings is 1. The summed E-state index contributed by atoms with van der Waals surface area (Å²) >= 11 is 0. The Morgan fingerprint density at radius 1 is 1.43 bits per heavy atom. The van der Waals surface area contributed by atoms with Crippen LogP contribution in [0.15, 0.2) is 18.2 Å². The van der Waals surface area contributed by atoms with Crippen molar-refractivity contribution in [2.75, 3.05) is 24.7 Å². The number of hydrogen-bond donors (Lipinski definition) is 2. The van der Waals surface area contributed by atoms with E-state index < -0.39 is 0 Å². The molecule has 0 aliphatic carbocycles. The van der Waals surface area contributed by atoms with Crippen LogP contribution in [0.5, 0.6) is 5.75 Å². The van der Waals surface area contributed by atoms with Crippen molar-refractivity contribution in [3.05, 3.63) is 18.2 Å². The van der Waals surface area contributed by atoms with Gasteiger partial charge in [0.25, 0.3) is 0 Å². The summed E-state index contributed by atoms with van der Waals surface area (Å²) in [5, 5.41) is 3.04. The molecule has 1 aromatic carbocycles. The standard InChI is InChI=1S/C11H18N2O/c1-3-4-8-14-10-7-5-6-9(12)11(10)13-2/h5-7,13H,3-4,8,12H2,1-2H3. The number of para-hydroxylation sites is 1. The van der Waals surface area contributed by atoms with E-state index in [-0.39, 0.29) is 0 Å². The summed E-state index contributed by atoms with van der Waals surface area (Å²) in [6.45, 7) is 2.89. The third-order valence-corrected chi connectivity index (χ3v) is 2.06. The van der Waals surface area contributed by atoms with Crippen LogP contribution in [0, 0.1) is 0 Å². The molecule has 78 valence electrons. The fraction of sp³-hybridized carbons (Fsp3) is 0.455. The number of unbranched alkanes of at least 4 members (excludes halogenated alkanes) is 1. The number of nitrogen functional groups attached to an aromatic ring is 1. The van der Waals surface area contributed by atoms with E-state index in [4.69, 9.17) is 10.5 Å². The van der Waals surface area contributed by atoms with Gasteiger partial charge in [-0.1, -0.05) is 19.4 Å². The number of nitrogens with two attached hydrogens (primary N) is 1. The summed E-state index contributed by atoms with van der Waals surface area (Å²) in [5.74, 6) is 0.834. The molecular formula is C11H18N2O. The van der Waals surface area contributed by atoms with Gasteiger partial charge < -0.3 is 15.8 Å². The van der Waals surface area contributed by atoms with Gasteiger partial charge in [-0.25, -0.2) is 0 Å². The quantitative estimate of drug-likeness (QED) is 0.559. The van der Waals surface area contributed by atoms with E-state index in [1.54, 1.807) is 0 Å². The number of hydrogen-bond acceptors (Lipinski definition) is 3. The summed E-state index contributed by atoms with van der Waals surface area (Å²) in [6, 6.07) is 5.69. The molecule has 0 unspecified atom stereocenters. The number of anilines is 2. The summed E-state index contributed by atoms with van der Waals surface area (Å²) < 4.78 is 5.61. The Hall–Kier alpha value is -1.38. The smallest absolute Gasteiger partial charge is 0.144 e. The minimum Gasteiger partial charge on any atom is -0.491 e. The van der Waals surface area contributed by atoms with Crippen LogP contribution in [-0.4, -0.2) is 13.7 Å². The van der Waals surface area contributed by atoms with E-state index in [1.807, 2.05) is 25.2 Å². The Balaban J connectivity index is 2.70. The van der Waals surface area contributed by atoms with E-state index in [2.05, 4.69) is 12.2 Å². The highest BCUT2D eigenvalue weighted by Crippen LogP contribution is 2.29. The summed E-state index contributed by atoms with van der Waals surface area (Å²) in [5.41, 5.74) is 7.40. The van der Waals surface area contributed by atoms with Gasteiger partial charge in [0.05, 0.1) is 18.0 Å². The average Bonchev–Trinajstić information content (AvgIpc) is 2.18. The van der Waals surface area contributed by atoms with Crippen molar-refractivity contribution < 1.29 is 4.74 Å². The van der Waals surface area contributed by atoms with Crippen LogP contribution in [0.1, 0.15) is 19.8 Å². The molecule has 0 radical (unpaired) electrons. The maximum absolute atomic E-state index is 5.79. The van der Waals surface area contributed by atoms with Gasteiger partial charge in [0.15, 0.2) is 0 Å². The molecule has 3 heteroatoms. The Kier molecular flexibility index (Phi) is 4.11. The summed E-state index contributed by atoms with van der Waals surface area (Å²) in [4.78, 5) is 0. The van der Waals surface area contributed by atoms with Crippen LogP contribution in [-0.2, 0) is 0 Å². The van der Waals surface area contributed by atoms with E-state index in [0.717, 1.165) is 36.6 Å². The predicted molar refractivity (Wildman–Crippen MR) is 60.8 cm³/mol. The lowest BCUT2D eigenvalue weighted by Crippen LogP contribution is -2.02. The van der Waals surface area contributed by atoms with E-state index in [9.17, 15) is 0 Å². The Bertz CT molecular complexity index is 287. The third kappa shape index (κ3) is 2.55. The molecule has 0 aliphatic rings. The normalized spacial score (nSPS) is 9.86. The van der Waals surface area contributed by atoms with Gasteiger partial charge >= 0.3 is 0 Å². The van der Waals surface area contributed by atoms with Crippen molar-refractivity contribution in [2.45, 2.75) is 19.8 Å². The first-order valence-electron chi connectivity index (χ1n) is 4.98.